The first-order valence-corrected chi connectivity index (χ1v) is 4.37. The van der Waals surface area contributed by atoms with E-state index in [2.05, 4.69) is 15.9 Å². The normalized spacial score (nSPS) is 10.9. The Morgan fingerprint density at radius 1 is 1.69 bits per heavy atom. The molecule has 0 amide bonds. The van der Waals surface area contributed by atoms with Gasteiger partial charge >= 0.3 is 5.97 Å². The van der Waals surface area contributed by atoms with Crippen LogP contribution < -0.4 is 0 Å². The Morgan fingerprint density at radius 2 is 2.38 bits per heavy atom. The van der Waals surface area contributed by atoms with Crippen LogP contribution in [-0.4, -0.2) is 15.6 Å². The van der Waals surface area contributed by atoms with Crippen molar-refractivity contribution in [3.8, 4) is 0 Å². The Labute approximate surface area is 81.9 Å². The Kier molecular flexibility index (Phi) is 1.69. The predicted molar refractivity (Wildman–Crippen MR) is 49.8 cm³/mol. The molecule has 4 nitrogen and oxygen atoms in total. The van der Waals surface area contributed by atoms with Gasteiger partial charge in [0.25, 0.3) is 0 Å². The van der Waals surface area contributed by atoms with Crippen molar-refractivity contribution >= 4 is 33.0 Å². The summed E-state index contributed by atoms with van der Waals surface area (Å²) in [6.45, 7) is 0. The topological polar surface area (TPSA) is 55.4 Å². The third-order valence-corrected chi connectivity index (χ3v) is 2.58. The number of fused-ring (bicyclic) bond motifs is 1. The zero-order valence-electron chi connectivity index (χ0n) is 6.74. The second-order valence-electron chi connectivity index (χ2n) is 2.69. The van der Waals surface area contributed by atoms with Crippen LogP contribution in [0.2, 0.25) is 0 Å². The number of carbonyl (C=O) groups is 1. The molecule has 0 saturated heterocycles. The number of carboxylic acid groups (broad SMARTS) is 1. The molecule has 0 aliphatic rings. The lowest BCUT2D eigenvalue weighted by Crippen LogP contribution is -1.94. The summed E-state index contributed by atoms with van der Waals surface area (Å²) in [5.74, 6) is -1.12. The minimum Gasteiger partial charge on any atom is -0.475 e. The molecule has 2 heterocycles. The van der Waals surface area contributed by atoms with Crippen LogP contribution >= 0.6 is 15.9 Å². The molecular weight excluding hydrogens is 238 g/mol. The van der Waals surface area contributed by atoms with E-state index < -0.39 is 5.97 Å². The summed E-state index contributed by atoms with van der Waals surface area (Å²) in [6, 6.07) is 1.73. The fourth-order valence-electron chi connectivity index (χ4n) is 1.25. The largest absolute Gasteiger partial charge is 0.475 e. The highest BCUT2D eigenvalue weighted by Gasteiger charge is 2.19. The molecule has 0 radical (unpaired) electrons. The molecule has 0 aromatic carbocycles. The molecule has 1 N–H and O–H groups in total. The fourth-order valence-corrected chi connectivity index (χ4v) is 1.98. The first-order valence-electron chi connectivity index (χ1n) is 3.58. The van der Waals surface area contributed by atoms with E-state index in [-0.39, 0.29) is 5.76 Å². The molecule has 2 aromatic heterocycles. The van der Waals surface area contributed by atoms with E-state index in [1.165, 1.54) is 0 Å². The minimum absolute atomic E-state index is 0.0544. The van der Waals surface area contributed by atoms with E-state index in [9.17, 15) is 4.79 Å². The molecule has 13 heavy (non-hydrogen) atoms. The second-order valence-corrected chi connectivity index (χ2v) is 3.48. The maximum atomic E-state index is 10.7. The van der Waals surface area contributed by atoms with Crippen molar-refractivity contribution in [3.63, 3.8) is 0 Å². The molecular formula is C8H6BrNO3. The van der Waals surface area contributed by atoms with Gasteiger partial charge in [0.2, 0.25) is 5.76 Å². The van der Waals surface area contributed by atoms with E-state index in [1.807, 2.05) is 13.2 Å². The maximum absolute atomic E-state index is 10.7. The van der Waals surface area contributed by atoms with Gasteiger partial charge in [0.1, 0.15) is 5.52 Å². The van der Waals surface area contributed by atoms with Crippen LogP contribution in [0.4, 0.5) is 0 Å². The molecule has 68 valence electrons. The van der Waals surface area contributed by atoms with Crippen LogP contribution in [0.15, 0.2) is 21.2 Å². The van der Waals surface area contributed by atoms with Crippen LogP contribution in [0.5, 0.6) is 0 Å². The van der Waals surface area contributed by atoms with Crippen molar-refractivity contribution in [2.75, 3.05) is 0 Å². The van der Waals surface area contributed by atoms with Crippen LogP contribution in [0, 0.1) is 0 Å². The number of aromatic carboxylic acids is 1. The van der Waals surface area contributed by atoms with Gasteiger partial charge in [-0.05, 0) is 22.0 Å². The summed E-state index contributed by atoms with van der Waals surface area (Å²) >= 11 is 3.19. The fraction of sp³-hybridized carbons (Fsp3) is 0.125. The maximum Gasteiger partial charge on any atom is 0.373 e. The molecule has 0 atom stereocenters. The SMILES string of the molecule is Cn1ccc2oc(C(=O)O)c(Br)c21. The third-order valence-electron chi connectivity index (χ3n) is 1.85. The highest BCUT2D eigenvalue weighted by molar-refractivity contribution is 9.10. The summed E-state index contributed by atoms with van der Waals surface area (Å²) in [7, 11) is 1.83. The van der Waals surface area contributed by atoms with E-state index >= 15 is 0 Å². The molecule has 0 aliphatic heterocycles. The van der Waals surface area contributed by atoms with Crippen molar-refractivity contribution < 1.29 is 14.3 Å². The van der Waals surface area contributed by atoms with Gasteiger partial charge in [-0.2, -0.15) is 0 Å². The van der Waals surface area contributed by atoms with E-state index in [0.29, 0.717) is 10.1 Å². The summed E-state index contributed by atoms with van der Waals surface area (Å²) in [4.78, 5) is 10.7. The van der Waals surface area contributed by atoms with Crippen molar-refractivity contribution in [1.82, 2.24) is 4.57 Å². The highest BCUT2D eigenvalue weighted by atomic mass is 79.9. The zero-order chi connectivity index (χ0) is 9.59. The van der Waals surface area contributed by atoms with Gasteiger partial charge in [-0.3, -0.25) is 0 Å². The second kappa shape index (κ2) is 2.63. The number of aromatic nitrogens is 1. The molecule has 0 bridgehead atoms. The average Bonchev–Trinajstić information content (AvgIpc) is 2.55. The number of nitrogens with zero attached hydrogens (tertiary/aromatic N) is 1. The molecule has 2 aromatic rings. The van der Waals surface area contributed by atoms with Gasteiger partial charge in [0.15, 0.2) is 5.58 Å². The lowest BCUT2D eigenvalue weighted by atomic mass is 10.4. The number of aryl methyl sites for hydroxylation is 1. The third kappa shape index (κ3) is 1.07. The van der Waals surface area contributed by atoms with Crippen molar-refractivity contribution in [2.45, 2.75) is 0 Å². The number of rotatable bonds is 1. The highest BCUT2D eigenvalue weighted by Crippen LogP contribution is 2.30. The van der Waals surface area contributed by atoms with Crippen molar-refractivity contribution in [3.05, 3.63) is 22.5 Å². The average molecular weight is 244 g/mol. The number of carboxylic acids is 1. The number of halogens is 1. The van der Waals surface area contributed by atoms with Gasteiger partial charge < -0.3 is 14.1 Å². The molecule has 0 aliphatic carbocycles. The summed E-state index contributed by atoms with van der Waals surface area (Å²) in [5.41, 5.74) is 1.34. The Morgan fingerprint density at radius 3 is 2.92 bits per heavy atom. The lowest BCUT2D eigenvalue weighted by molar-refractivity contribution is 0.0663. The Balaban J connectivity index is 2.82. The number of hydrogen-bond donors (Lipinski definition) is 1. The first kappa shape index (κ1) is 8.37. The summed E-state index contributed by atoms with van der Waals surface area (Å²) in [6.07, 6.45) is 1.81. The van der Waals surface area contributed by atoms with Gasteiger partial charge in [0.05, 0.1) is 4.47 Å². The quantitative estimate of drug-likeness (QED) is 0.836. The standard InChI is InChI=1S/C8H6BrNO3/c1-10-3-2-4-6(10)5(9)7(13-4)8(11)12/h2-3H,1H3,(H,11,12). The lowest BCUT2D eigenvalue weighted by Gasteiger charge is -1.91. The van der Waals surface area contributed by atoms with Crippen LogP contribution in [0.1, 0.15) is 10.6 Å². The van der Waals surface area contributed by atoms with Gasteiger partial charge in [-0.1, -0.05) is 0 Å². The monoisotopic (exact) mass is 243 g/mol. The van der Waals surface area contributed by atoms with Gasteiger partial charge in [0, 0.05) is 13.2 Å². The number of furan rings is 1. The van der Waals surface area contributed by atoms with E-state index in [4.69, 9.17) is 9.52 Å². The molecule has 0 fully saturated rings. The first-order chi connectivity index (χ1) is 6.11. The van der Waals surface area contributed by atoms with E-state index in [0.717, 1.165) is 5.52 Å². The predicted octanol–water partition coefficient (Wildman–Crippen LogP) is 2.23. The minimum atomic E-state index is -1.07. The molecule has 5 heteroatoms. The molecule has 0 saturated carbocycles. The summed E-state index contributed by atoms with van der Waals surface area (Å²) < 4.78 is 7.40. The van der Waals surface area contributed by atoms with Gasteiger partial charge in [-0.15, -0.1) is 0 Å². The number of hydrogen-bond acceptors (Lipinski definition) is 2. The molecule has 2 rings (SSSR count). The Hall–Kier alpha value is -1.23. The van der Waals surface area contributed by atoms with Crippen molar-refractivity contribution in [2.24, 2.45) is 7.05 Å². The molecule has 0 unspecified atom stereocenters. The molecule has 0 spiro atoms. The van der Waals surface area contributed by atoms with Crippen molar-refractivity contribution in [1.29, 1.82) is 0 Å². The van der Waals surface area contributed by atoms with Crippen LogP contribution in [0.25, 0.3) is 11.1 Å². The van der Waals surface area contributed by atoms with E-state index in [1.54, 1.807) is 10.6 Å². The Bertz CT molecular complexity index is 483. The van der Waals surface area contributed by atoms with Crippen LogP contribution in [-0.2, 0) is 7.05 Å². The zero-order valence-corrected chi connectivity index (χ0v) is 8.33. The van der Waals surface area contributed by atoms with Gasteiger partial charge in [-0.25, -0.2) is 4.79 Å². The summed E-state index contributed by atoms with van der Waals surface area (Å²) in [5, 5.41) is 8.74. The smallest absolute Gasteiger partial charge is 0.373 e. The van der Waals surface area contributed by atoms with Crippen LogP contribution in [0.3, 0.4) is 0 Å².